The van der Waals surface area contributed by atoms with E-state index in [4.69, 9.17) is 0 Å². The minimum absolute atomic E-state index is 0.0439. The van der Waals surface area contributed by atoms with Crippen LogP contribution in [0.4, 0.5) is 0 Å². The van der Waals surface area contributed by atoms with Crippen molar-refractivity contribution in [1.82, 2.24) is 0 Å². The first-order valence-electron chi connectivity index (χ1n) is 12.1. The van der Waals surface area contributed by atoms with E-state index in [0.29, 0.717) is 0 Å². The van der Waals surface area contributed by atoms with Crippen molar-refractivity contribution in [2.45, 2.75) is 129 Å². The molecular weight excluding hydrogens is 314 g/mol. The van der Waals surface area contributed by atoms with Crippen LogP contribution < -0.4 is 0 Å². The summed E-state index contributed by atoms with van der Waals surface area (Å²) in [6, 6.07) is 2.73. The van der Waals surface area contributed by atoms with Crippen molar-refractivity contribution in [3.05, 3.63) is 0 Å². The van der Waals surface area contributed by atoms with Crippen LogP contribution in [0.15, 0.2) is 0 Å². The van der Waals surface area contributed by atoms with Gasteiger partial charge in [-0.15, -0.1) is 0 Å². The van der Waals surface area contributed by atoms with Crippen LogP contribution in [0.3, 0.4) is 0 Å². The van der Waals surface area contributed by atoms with Gasteiger partial charge in [-0.1, -0.05) is 97.3 Å². The van der Waals surface area contributed by atoms with Crippen molar-refractivity contribution in [1.29, 1.82) is 5.26 Å². The van der Waals surface area contributed by atoms with Gasteiger partial charge < -0.3 is 0 Å². The molecule has 150 valence electrons. The van der Waals surface area contributed by atoms with Crippen LogP contribution in [0.25, 0.3) is 0 Å². The number of unbranched alkanes of at least 4 members (excludes halogenated alkanes) is 4. The van der Waals surface area contributed by atoms with Gasteiger partial charge in [-0.2, -0.15) is 5.26 Å². The predicted molar refractivity (Wildman–Crippen MR) is 113 cm³/mol. The maximum atomic E-state index is 9.71. The Labute approximate surface area is 164 Å². The average molecular weight is 360 g/mol. The molecule has 26 heavy (non-hydrogen) atoms. The molecule has 0 spiro atoms. The summed E-state index contributed by atoms with van der Waals surface area (Å²) in [7, 11) is 0. The molecular formula is C25H45N. The molecule has 2 saturated carbocycles. The van der Waals surface area contributed by atoms with Crippen molar-refractivity contribution in [3.8, 4) is 6.07 Å². The first-order valence-corrected chi connectivity index (χ1v) is 12.1. The standard InChI is InChI=1S/C25H45N/c1-3-5-7-9-22-10-12-23(13-11-22)14-15-24-16-19-25(21-26,20-17-24)18-8-6-4-2/h22-24H,3-20H2,1-2H3/t22-,23-,24-,25-. The third kappa shape index (κ3) is 7.25. The first kappa shape index (κ1) is 21.8. The van der Waals surface area contributed by atoms with Crippen LogP contribution in [0.2, 0.25) is 0 Å². The summed E-state index contributed by atoms with van der Waals surface area (Å²) in [5, 5.41) is 9.71. The van der Waals surface area contributed by atoms with Gasteiger partial charge in [0, 0.05) is 0 Å². The molecule has 0 amide bonds. The van der Waals surface area contributed by atoms with Crippen LogP contribution in [0.5, 0.6) is 0 Å². The highest BCUT2D eigenvalue weighted by Gasteiger charge is 2.35. The van der Waals surface area contributed by atoms with E-state index in [2.05, 4.69) is 19.9 Å². The summed E-state index contributed by atoms with van der Waals surface area (Å²) < 4.78 is 0. The van der Waals surface area contributed by atoms with Crippen LogP contribution in [0.1, 0.15) is 129 Å². The van der Waals surface area contributed by atoms with Gasteiger partial charge in [0.2, 0.25) is 0 Å². The van der Waals surface area contributed by atoms with Crippen LogP contribution >= 0.6 is 0 Å². The molecule has 0 aliphatic heterocycles. The molecule has 2 rings (SSSR count). The smallest absolute Gasteiger partial charge is 0.0689 e. The topological polar surface area (TPSA) is 23.8 Å². The SMILES string of the molecule is CCCCC[C@H]1CC[C@H](CC[C@H]2CC[C@@](C#N)(CCCCC)CC2)CC1. The van der Waals surface area contributed by atoms with Crippen molar-refractivity contribution in [3.63, 3.8) is 0 Å². The highest BCUT2D eigenvalue weighted by molar-refractivity contribution is 5.01. The van der Waals surface area contributed by atoms with E-state index in [1.54, 1.807) is 0 Å². The summed E-state index contributed by atoms with van der Waals surface area (Å²) in [6.45, 7) is 4.57. The molecule has 0 aromatic rings. The second-order valence-corrected chi connectivity index (χ2v) is 9.75. The van der Waals surface area contributed by atoms with E-state index in [0.717, 1.165) is 24.2 Å². The highest BCUT2D eigenvalue weighted by Crippen LogP contribution is 2.44. The molecule has 1 nitrogen and oxygen atoms in total. The van der Waals surface area contributed by atoms with Gasteiger partial charge >= 0.3 is 0 Å². The Hall–Kier alpha value is -0.510. The maximum absolute atomic E-state index is 9.71. The largest absolute Gasteiger partial charge is 0.198 e. The van der Waals surface area contributed by atoms with Gasteiger partial charge in [-0.05, 0) is 49.9 Å². The number of nitriles is 1. The highest BCUT2D eigenvalue weighted by atomic mass is 14.4. The Kier molecular flexibility index (Phi) is 10.1. The monoisotopic (exact) mass is 359 g/mol. The summed E-state index contributed by atoms with van der Waals surface area (Å²) in [6.07, 6.45) is 24.7. The minimum atomic E-state index is 0.0439. The molecule has 2 aliphatic carbocycles. The summed E-state index contributed by atoms with van der Waals surface area (Å²) in [5.74, 6) is 2.99. The fourth-order valence-corrected chi connectivity index (χ4v) is 5.61. The Morgan fingerprint density at radius 1 is 0.692 bits per heavy atom. The number of nitrogens with zero attached hydrogens (tertiary/aromatic N) is 1. The summed E-state index contributed by atoms with van der Waals surface area (Å²) in [4.78, 5) is 0. The Bertz CT molecular complexity index is 391. The van der Waals surface area contributed by atoms with Crippen LogP contribution in [0, 0.1) is 34.5 Å². The van der Waals surface area contributed by atoms with E-state index in [-0.39, 0.29) is 5.41 Å². The third-order valence-corrected chi connectivity index (χ3v) is 7.72. The van der Waals surface area contributed by atoms with Crippen LogP contribution in [-0.4, -0.2) is 0 Å². The third-order valence-electron chi connectivity index (χ3n) is 7.72. The second kappa shape index (κ2) is 12.0. The van der Waals surface area contributed by atoms with Crippen molar-refractivity contribution < 1.29 is 0 Å². The molecule has 2 aliphatic rings. The van der Waals surface area contributed by atoms with Gasteiger partial charge in [0.1, 0.15) is 0 Å². The maximum Gasteiger partial charge on any atom is 0.0689 e. The van der Waals surface area contributed by atoms with Gasteiger partial charge in [0.25, 0.3) is 0 Å². The zero-order valence-corrected chi connectivity index (χ0v) is 17.9. The molecule has 0 bridgehead atoms. The average Bonchev–Trinajstić information content (AvgIpc) is 2.69. The zero-order chi connectivity index (χ0) is 18.7. The summed E-state index contributed by atoms with van der Waals surface area (Å²) >= 11 is 0. The van der Waals surface area contributed by atoms with E-state index in [1.165, 1.54) is 109 Å². The van der Waals surface area contributed by atoms with E-state index >= 15 is 0 Å². The molecule has 0 unspecified atom stereocenters. The normalized spacial score (nSPS) is 32.3. The van der Waals surface area contributed by atoms with Crippen molar-refractivity contribution in [2.24, 2.45) is 23.2 Å². The molecule has 1 heteroatoms. The molecule has 0 N–H and O–H groups in total. The molecule has 0 heterocycles. The lowest BCUT2D eigenvalue weighted by Gasteiger charge is -2.36. The first-order chi connectivity index (χ1) is 12.7. The van der Waals surface area contributed by atoms with Gasteiger partial charge in [-0.25, -0.2) is 0 Å². The minimum Gasteiger partial charge on any atom is -0.198 e. The summed E-state index contributed by atoms with van der Waals surface area (Å²) in [5.41, 5.74) is 0.0439. The van der Waals surface area contributed by atoms with E-state index in [9.17, 15) is 5.26 Å². The molecule has 0 aromatic carbocycles. The predicted octanol–water partition coefficient (Wildman–Crippen LogP) is 8.43. The molecule has 0 aromatic heterocycles. The van der Waals surface area contributed by atoms with Gasteiger partial charge in [0.15, 0.2) is 0 Å². The fourth-order valence-electron chi connectivity index (χ4n) is 5.61. The van der Waals surface area contributed by atoms with Gasteiger partial charge in [0.05, 0.1) is 11.5 Å². The lowest BCUT2D eigenvalue weighted by atomic mass is 9.67. The molecule has 0 atom stereocenters. The van der Waals surface area contributed by atoms with E-state index in [1.807, 2.05) is 0 Å². The fraction of sp³-hybridized carbons (Fsp3) is 0.960. The van der Waals surface area contributed by atoms with Crippen molar-refractivity contribution >= 4 is 0 Å². The van der Waals surface area contributed by atoms with E-state index < -0.39 is 0 Å². The van der Waals surface area contributed by atoms with Crippen LogP contribution in [-0.2, 0) is 0 Å². The Balaban J connectivity index is 1.59. The Morgan fingerprint density at radius 2 is 1.19 bits per heavy atom. The lowest BCUT2D eigenvalue weighted by Crippen LogP contribution is -2.26. The number of hydrogen-bond donors (Lipinski definition) is 0. The molecule has 0 saturated heterocycles. The Morgan fingerprint density at radius 3 is 1.73 bits per heavy atom. The quantitative estimate of drug-likeness (QED) is 0.339. The molecule has 0 radical (unpaired) electrons. The number of hydrogen-bond acceptors (Lipinski definition) is 1. The zero-order valence-electron chi connectivity index (χ0n) is 17.9. The van der Waals surface area contributed by atoms with Crippen molar-refractivity contribution in [2.75, 3.05) is 0 Å². The second-order valence-electron chi connectivity index (χ2n) is 9.75. The lowest BCUT2D eigenvalue weighted by molar-refractivity contribution is 0.171. The molecule has 2 fully saturated rings. The number of rotatable bonds is 11. The van der Waals surface area contributed by atoms with Gasteiger partial charge in [-0.3, -0.25) is 0 Å².